The Balaban J connectivity index is 2.35. The van der Waals surface area contributed by atoms with Crippen molar-refractivity contribution in [2.75, 3.05) is 11.6 Å². The van der Waals surface area contributed by atoms with Crippen LogP contribution in [-0.4, -0.2) is 16.2 Å². The first-order valence-corrected chi connectivity index (χ1v) is 6.32. The lowest BCUT2D eigenvalue weighted by atomic mass is 10.3. The van der Waals surface area contributed by atoms with Crippen LogP contribution in [0, 0.1) is 12.7 Å². The second-order valence-electron chi connectivity index (χ2n) is 3.45. The Labute approximate surface area is 103 Å². The van der Waals surface area contributed by atoms with E-state index in [1.165, 1.54) is 6.33 Å². The predicted octanol–water partition coefficient (Wildman–Crippen LogP) is 3.39. The van der Waals surface area contributed by atoms with Crippen molar-refractivity contribution in [3.05, 3.63) is 42.1 Å². The molecular weight excluding hydrogens is 237 g/mol. The molecule has 0 saturated carbocycles. The number of anilines is 2. The summed E-state index contributed by atoms with van der Waals surface area (Å²) in [6, 6.07) is 7.70. The molecule has 0 aliphatic rings. The van der Waals surface area contributed by atoms with Crippen LogP contribution < -0.4 is 5.32 Å². The van der Waals surface area contributed by atoms with E-state index in [4.69, 9.17) is 0 Å². The van der Waals surface area contributed by atoms with Gasteiger partial charge in [-0.05, 0) is 25.3 Å². The summed E-state index contributed by atoms with van der Waals surface area (Å²) in [5.41, 5.74) is 1.18. The van der Waals surface area contributed by atoms with Crippen LogP contribution in [0.25, 0.3) is 0 Å². The average molecular weight is 249 g/mol. The largest absolute Gasteiger partial charge is 0.337 e. The Morgan fingerprint density at radius 3 is 2.76 bits per heavy atom. The topological polar surface area (TPSA) is 37.8 Å². The Bertz CT molecular complexity index is 531. The molecule has 5 heteroatoms. The highest BCUT2D eigenvalue weighted by Crippen LogP contribution is 2.27. The molecule has 2 rings (SSSR count). The van der Waals surface area contributed by atoms with Gasteiger partial charge in [-0.15, -0.1) is 11.8 Å². The molecule has 1 heterocycles. The molecule has 0 bridgehead atoms. The number of hydrogen-bond donors (Lipinski definition) is 1. The summed E-state index contributed by atoms with van der Waals surface area (Å²) in [6.07, 6.45) is 3.32. The molecule has 3 nitrogen and oxygen atoms in total. The van der Waals surface area contributed by atoms with Crippen LogP contribution >= 0.6 is 11.8 Å². The summed E-state index contributed by atoms with van der Waals surface area (Å²) in [5.74, 6) is -0.206. The van der Waals surface area contributed by atoms with Crippen molar-refractivity contribution in [2.24, 2.45) is 0 Å². The maximum atomic E-state index is 13.7. The molecule has 1 aromatic carbocycles. The fraction of sp³-hybridized carbons (Fsp3) is 0.167. The monoisotopic (exact) mass is 249 g/mol. The van der Waals surface area contributed by atoms with Gasteiger partial charge in [-0.1, -0.05) is 12.1 Å². The van der Waals surface area contributed by atoms with Crippen LogP contribution in [-0.2, 0) is 0 Å². The average Bonchev–Trinajstić information content (AvgIpc) is 2.35. The van der Waals surface area contributed by atoms with E-state index in [2.05, 4.69) is 15.3 Å². The van der Waals surface area contributed by atoms with Gasteiger partial charge < -0.3 is 5.32 Å². The number of rotatable bonds is 3. The van der Waals surface area contributed by atoms with Gasteiger partial charge in [0.05, 0.1) is 11.4 Å². The van der Waals surface area contributed by atoms with Crippen LogP contribution in [0.3, 0.4) is 0 Å². The Kier molecular flexibility index (Phi) is 3.58. The summed E-state index contributed by atoms with van der Waals surface area (Å²) in [6.45, 7) is 1.61. The van der Waals surface area contributed by atoms with Crippen molar-refractivity contribution >= 4 is 23.3 Å². The van der Waals surface area contributed by atoms with E-state index in [1.807, 2.05) is 30.5 Å². The zero-order valence-corrected chi connectivity index (χ0v) is 10.4. The van der Waals surface area contributed by atoms with Gasteiger partial charge in [0.1, 0.15) is 6.33 Å². The molecule has 88 valence electrons. The SMILES string of the molecule is CSc1ccccc1Nc1ncnc(C)c1F. The van der Waals surface area contributed by atoms with Crippen LogP contribution in [0.15, 0.2) is 35.5 Å². The van der Waals surface area contributed by atoms with Crippen LogP contribution in [0.2, 0.25) is 0 Å². The van der Waals surface area contributed by atoms with Crippen LogP contribution in [0.5, 0.6) is 0 Å². The molecule has 0 amide bonds. The van der Waals surface area contributed by atoms with E-state index in [9.17, 15) is 4.39 Å². The number of aryl methyl sites for hydroxylation is 1. The minimum absolute atomic E-state index is 0.207. The van der Waals surface area contributed by atoms with Gasteiger partial charge in [-0.2, -0.15) is 0 Å². The molecule has 17 heavy (non-hydrogen) atoms. The van der Waals surface area contributed by atoms with Gasteiger partial charge in [-0.3, -0.25) is 0 Å². The van der Waals surface area contributed by atoms with Gasteiger partial charge in [0.15, 0.2) is 11.6 Å². The van der Waals surface area contributed by atoms with E-state index in [1.54, 1.807) is 18.7 Å². The number of hydrogen-bond acceptors (Lipinski definition) is 4. The summed E-state index contributed by atoms with van der Waals surface area (Å²) < 4.78 is 13.7. The number of nitrogens with one attached hydrogen (secondary N) is 1. The third kappa shape index (κ3) is 2.55. The number of thioether (sulfide) groups is 1. The number of nitrogens with zero attached hydrogens (tertiary/aromatic N) is 2. The van der Waals surface area contributed by atoms with Crippen molar-refractivity contribution in [2.45, 2.75) is 11.8 Å². The number of aromatic nitrogens is 2. The van der Waals surface area contributed by atoms with E-state index < -0.39 is 5.82 Å². The van der Waals surface area contributed by atoms with Crippen LogP contribution in [0.4, 0.5) is 15.9 Å². The first kappa shape index (κ1) is 11.9. The highest BCUT2D eigenvalue weighted by molar-refractivity contribution is 7.98. The lowest BCUT2D eigenvalue weighted by Crippen LogP contribution is -2.01. The highest BCUT2D eigenvalue weighted by atomic mass is 32.2. The van der Waals surface area contributed by atoms with E-state index in [0.717, 1.165) is 10.6 Å². The summed E-state index contributed by atoms with van der Waals surface area (Å²) in [5, 5.41) is 2.99. The normalized spacial score (nSPS) is 10.3. The Hall–Kier alpha value is -1.62. The minimum atomic E-state index is -0.414. The number of benzene rings is 1. The smallest absolute Gasteiger partial charge is 0.186 e. The predicted molar refractivity (Wildman–Crippen MR) is 68.2 cm³/mol. The maximum absolute atomic E-state index is 13.7. The van der Waals surface area contributed by atoms with Crippen molar-refractivity contribution in [1.29, 1.82) is 0 Å². The summed E-state index contributed by atoms with van der Waals surface area (Å²) in [7, 11) is 0. The van der Waals surface area contributed by atoms with Gasteiger partial charge in [0.2, 0.25) is 0 Å². The molecule has 0 unspecified atom stereocenters. The Morgan fingerprint density at radius 2 is 2.00 bits per heavy atom. The third-order valence-corrected chi connectivity index (χ3v) is 3.12. The molecule has 0 saturated heterocycles. The second kappa shape index (κ2) is 5.14. The molecular formula is C12H12FN3S. The molecule has 0 atom stereocenters. The van der Waals surface area contributed by atoms with Gasteiger partial charge >= 0.3 is 0 Å². The van der Waals surface area contributed by atoms with Gasteiger partial charge in [0, 0.05) is 4.90 Å². The molecule has 0 aliphatic carbocycles. The first-order valence-electron chi connectivity index (χ1n) is 5.09. The fourth-order valence-corrected chi connectivity index (χ4v) is 1.97. The van der Waals surface area contributed by atoms with Crippen molar-refractivity contribution in [3.8, 4) is 0 Å². The molecule has 0 fully saturated rings. The quantitative estimate of drug-likeness (QED) is 0.846. The third-order valence-electron chi connectivity index (χ3n) is 2.32. The molecule has 0 spiro atoms. The van der Waals surface area contributed by atoms with Crippen molar-refractivity contribution in [1.82, 2.24) is 9.97 Å². The molecule has 0 radical (unpaired) electrons. The highest BCUT2D eigenvalue weighted by Gasteiger charge is 2.09. The number of para-hydroxylation sites is 1. The standard InChI is InChI=1S/C12H12FN3S/c1-8-11(13)12(15-7-14-8)16-9-5-3-4-6-10(9)17-2/h3-7H,1-2H3,(H,14,15,16). The molecule has 0 aliphatic heterocycles. The lowest BCUT2D eigenvalue weighted by Gasteiger charge is -2.10. The summed E-state index contributed by atoms with van der Waals surface area (Å²) in [4.78, 5) is 8.74. The zero-order chi connectivity index (χ0) is 12.3. The summed E-state index contributed by atoms with van der Waals surface area (Å²) >= 11 is 1.60. The number of halogens is 1. The lowest BCUT2D eigenvalue weighted by molar-refractivity contribution is 0.607. The minimum Gasteiger partial charge on any atom is -0.337 e. The second-order valence-corrected chi connectivity index (χ2v) is 4.30. The fourth-order valence-electron chi connectivity index (χ4n) is 1.42. The van der Waals surface area contributed by atoms with E-state index >= 15 is 0 Å². The van der Waals surface area contributed by atoms with E-state index in [0.29, 0.717) is 5.69 Å². The van der Waals surface area contributed by atoms with Crippen molar-refractivity contribution < 1.29 is 4.39 Å². The maximum Gasteiger partial charge on any atom is 0.186 e. The zero-order valence-electron chi connectivity index (χ0n) is 9.57. The van der Waals surface area contributed by atoms with Crippen LogP contribution in [0.1, 0.15) is 5.69 Å². The van der Waals surface area contributed by atoms with Gasteiger partial charge in [-0.25, -0.2) is 14.4 Å². The van der Waals surface area contributed by atoms with Crippen molar-refractivity contribution in [3.63, 3.8) is 0 Å². The van der Waals surface area contributed by atoms with E-state index in [-0.39, 0.29) is 5.82 Å². The molecule has 1 aromatic heterocycles. The first-order chi connectivity index (χ1) is 8.22. The Morgan fingerprint density at radius 1 is 1.24 bits per heavy atom. The molecule has 1 N–H and O–H groups in total. The van der Waals surface area contributed by atoms with Gasteiger partial charge in [0.25, 0.3) is 0 Å². The molecule has 2 aromatic rings.